The van der Waals surface area contributed by atoms with Gasteiger partial charge in [0.1, 0.15) is 18.0 Å². The van der Waals surface area contributed by atoms with E-state index < -0.39 is 18.1 Å². The molecule has 102 valence electrons. The van der Waals surface area contributed by atoms with Gasteiger partial charge in [0.2, 0.25) is 0 Å². The van der Waals surface area contributed by atoms with Crippen LogP contribution in [0.15, 0.2) is 18.2 Å². The zero-order valence-corrected chi connectivity index (χ0v) is 11.1. The molecule has 1 heterocycles. The number of fused-ring (bicyclic) bond motifs is 1. The maximum atomic E-state index is 11.7. The highest BCUT2D eigenvalue weighted by Crippen LogP contribution is 2.26. The van der Waals surface area contributed by atoms with Crippen molar-refractivity contribution < 1.29 is 14.6 Å². The summed E-state index contributed by atoms with van der Waals surface area (Å²) in [4.78, 5) is 16.1. The van der Waals surface area contributed by atoms with Gasteiger partial charge in [0.05, 0.1) is 18.1 Å². The highest BCUT2D eigenvalue weighted by Gasteiger charge is 2.24. The van der Waals surface area contributed by atoms with Crippen LogP contribution in [0.5, 0.6) is 0 Å². The number of nitrogen functional groups attached to an aromatic ring is 1. The summed E-state index contributed by atoms with van der Waals surface area (Å²) in [5.41, 5.74) is 7.69. The van der Waals surface area contributed by atoms with Crippen LogP contribution in [0.3, 0.4) is 0 Å². The second-order valence-corrected chi connectivity index (χ2v) is 4.46. The summed E-state index contributed by atoms with van der Waals surface area (Å²) in [6, 6.07) is 4.66. The van der Waals surface area contributed by atoms with Crippen LogP contribution >= 0.6 is 0 Å². The molecule has 0 aliphatic rings. The standard InChI is InChI=1S/C13H17N3O3/c1-7(13(18)19-3)16-11-5-4-9(14)6-10(11)15-12(16)8(2)17/h4-8,17H,14H2,1-3H3. The van der Waals surface area contributed by atoms with E-state index in [4.69, 9.17) is 10.5 Å². The molecular formula is C13H17N3O3. The summed E-state index contributed by atoms with van der Waals surface area (Å²) in [5.74, 6) is 0.0246. The number of ether oxygens (including phenoxy) is 1. The number of methoxy groups -OCH3 is 1. The first-order valence-corrected chi connectivity index (χ1v) is 5.99. The van der Waals surface area contributed by atoms with E-state index in [-0.39, 0.29) is 0 Å². The molecule has 0 saturated carbocycles. The van der Waals surface area contributed by atoms with E-state index in [9.17, 15) is 9.90 Å². The van der Waals surface area contributed by atoms with Crippen molar-refractivity contribution in [3.63, 3.8) is 0 Å². The fourth-order valence-electron chi connectivity index (χ4n) is 2.11. The van der Waals surface area contributed by atoms with Crippen molar-refractivity contribution in [1.82, 2.24) is 9.55 Å². The number of nitrogens with two attached hydrogens (primary N) is 1. The van der Waals surface area contributed by atoms with Crippen molar-refractivity contribution in [1.29, 1.82) is 0 Å². The number of hydrogen-bond acceptors (Lipinski definition) is 5. The number of aromatic nitrogens is 2. The highest BCUT2D eigenvalue weighted by atomic mass is 16.5. The van der Waals surface area contributed by atoms with Gasteiger partial charge >= 0.3 is 5.97 Å². The maximum absolute atomic E-state index is 11.7. The number of esters is 1. The first kappa shape index (κ1) is 13.4. The van der Waals surface area contributed by atoms with Gasteiger partial charge in [-0.1, -0.05) is 0 Å². The molecule has 0 aliphatic heterocycles. The molecular weight excluding hydrogens is 246 g/mol. The average Bonchev–Trinajstić information content (AvgIpc) is 2.75. The molecule has 2 unspecified atom stereocenters. The molecule has 2 aromatic rings. The van der Waals surface area contributed by atoms with Crippen LogP contribution in [0.2, 0.25) is 0 Å². The number of anilines is 1. The predicted molar refractivity (Wildman–Crippen MR) is 71.5 cm³/mol. The smallest absolute Gasteiger partial charge is 0.328 e. The minimum absolute atomic E-state index is 0.391. The number of carbonyl (C=O) groups is 1. The van der Waals surface area contributed by atoms with Gasteiger partial charge in [0, 0.05) is 5.69 Å². The van der Waals surface area contributed by atoms with E-state index in [1.54, 1.807) is 36.6 Å². The Morgan fingerprint density at radius 1 is 1.47 bits per heavy atom. The maximum Gasteiger partial charge on any atom is 0.328 e. The number of rotatable bonds is 3. The monoisotopic (exact) mass is 263 g/mol. The number of carbonyl (C=O) groups excluding carboxylic acids is 1. The number of nitrogens with zero attached hydrogens (tertiary/aromatic N) is 2. The second kappa shape index (κ2) is 4.89. The summed E-state index contributed by atoms with van der Waals surface area (Å²) >= 11 is 0. The van der Waals surface area contributed by atoms with Gasteiger partial charge in [0.15, 0.2) is 0 Å². The van der Waals surface area contributed by atoms with Crippen LogP contribution in [0, 0.1) is 0 Å². The van der Waals surface area contributed by atoms with Crippen molar-refractivity contribution >= 4 is 22.7 Å². The van der Waals surface area contributed by atoms with Crippen LogP contribution in [-0.2, 0) is 9.53 Å². The Morgan fingerprint density at radius 2 is 2.16 bits per heavy atom. The minimum atomic E-state index is -0.791. The number of imidazole rings is 1. The van der Waals surface area contributed by atoms with E-state index in [0.29, 0.717) is 17.0 Å². The zero-order valence-electron chi connectivity index (χ0n) is 11.1. The van der Waals surface area contributed by atoms with E-state index in [1.807, 2.05) is 0 Å². The molecule has 19 heavy (non-hydrogen) atoms. The topological polar surface area (TPSA) is 90.4 Å². The van der Waals surface area contributed by atoms with Gasteiger partial charge in [0.25, 0.3) is 0 Å². The Balaban J connectivity index is 2.68. The summed E-state index contributed by atoms with van der Waals surface area (Å²) < 4.78 is 6.42. The fraction of sp³-hybridized carbons (Fsp3) is 0.385. The molecule has 2 atom stereocenters. The number of aliphatic hydroxyl groups excluding tert-OH is 1. The number of hydrogen-bond donors (Lipinski definition) is 2. The molecule has 0 aliphatic carbocycles. The lowest BCUT2D eigenvalue weighted by Gasteiger charge is -2.16. The van der Waals surface area contributed by atoms with Crippen molar-refractivity contribution in [2.45, 2.75) is 26.0 Å². The van der Waals surface area contributed by atoms with Crippen LogP contribution < -0.4 is 5.73 Å². The van der Waals surface area contributed by atoms with Crippen molar-refractivity contribution in [3.05, 3.63) is 24.0 Å². The van der Waals surface area contributed by atoms with Crippen LogP contribution in [-0.4, -0.2) is 27.7 Å². The van der Waals surface area contributed by atoms with Gasteiger partial charge in [-0.25, -0.2) is 9.78 Å². The van der Waals surface area contributed by atoms with E-state index in [2.05, 4.69) is 4.98 Å². The fourth-order valence-corrected chi connectivity index (χ4v) is 2.11. The molecule has 6 nitrogen and oxygen atoms in total. The van der Waals surface area contributed by atoms with Crippen LogP contribution in [0.4, 0.5) is 5.69 Å². The normalized spacial score (nSPS) is 14.3. The van der Waals surface area contributed by atoms with E-state index in [1.165, 1.54) is 7.11 Å². The van der Waals surface area contributed by atoms with Crippen molar-refractivity contribution in [2.24, 2.45) is 0 Å². The molecule has 0 spiro atoms. The molecule has 1 aromatic carbocycles. The third kappa shape index (κ3) is 2.26. The molecule has 0 amide bonds. The second-order valence-electron chi connectivity index (χ2n) is 4.46. The first-order chi connectivity index (χ1) is 8.95. The Bertz CT molecular complexity index is 619. The van der Waals surface area contributed by atoms with Gasteiger partial charge < -0.3 is 20.1 Å². The first-order valence-electron chi connectivity index (χ1n) is 5.99. The minimum Gasteiger partial charge on any atom is -0.467 e. The Hall–Kier alpha value is -2.08. The van der Waals surface area contributed by atoms with Gasteiger partial charge in [-0.05, 0) is 32.0 Å². The summed E-state index contributed by atoms with van der Waals surface area (Å²) in [6.07, 6.45) is -0.791. The molecule has 0 bridgehead atoms. The summed E-state index contributed by atoms with van der Waals surface area (Å²) in [6.45, 7) is 3.31. The van der Waals surface area contributed by atoms with E-state index >= 15 is 0 Å². The predicted octanol–water partition coefficient (Wildman–Crippen LogP) is 1.41. The van der Waals surface area contributed by atoms with Crippen molar-refractivity contribution in [3.8, 4) is 0 Å². The average molecular weight is 263 g/mol. The third-order valence-electron chi connectivity index (χ3n) is 3.04. The largest absolute Gasteiger partial charge is 0.467 e. The highest BCUT2D eigenvalue weighted by molar-refractivity contribution is 5.83. The Labute approximate surface area is 110 Å². The Kier molecular flexibility index (Phi) is 3.44. The lowest BCUT2D eigenvalue weighted by atomic mass is 10.2. The van der Waals surface area contributed by atoms with Gasteiger partial charge in [-0.2, -0.15) is 0 Å². The third-order valence-corrected chi connectivity index (χ3v) is 3.04. The quantitative estimate of drug-likeness (QED) is 0.645. The van der Waals surface area contributed by atoms with Crippen LogP contribution in [0.1, 0.15) is 31.8 Å². The SMILES string of the molecule is COC(=O)C(C)n1c(C(C)O)nc2cc(N)ccc21. The molecule has 0 radical (unpaired) electrons. The van der Waals surface area contributed by atoms with Crippen LogP contribution in [0.25, 0.3) is 11.0 Å². The summed E-state index contributed by atoms with van der Waals surface area (Å²) in [7, 11) is 1.33. The summed E-state index contributed by atoms with van der Waals surface area (Å²) in [5, 5.41) is 9.81. The number of aliphatic hydroxyl groups is 1. The van der Waals surface area contributed by atoms with E-state index in [0.717, 1.165) is 5.52 Å². The molecule has 6 heteroatoms. The lowest BCUT2D eigenvalue weighted by Crippen LogP contribution is -2.20. The number of benzene rings is 1. The molecule has 0 fully saturated rings. The lowest BCUT2D eigenvalue weighted by molar-refractivity contribution is -0.144. The van der Waals surface area contributed by atoms with Crippen molar-refractivity contribution in [2.75, 3.05) is 12.8 Å². The van der Waals surface area contributed by atoms with Gasteiger partial charge in [-0.15, -0.1) is 0 Å². The molecule has 2 rings (SSSR count). The Morgan fingerprint density at radius 3 is 2.74 bits per heavy atom. The molecule has 3 N–H and O–H groups in total. The van der Waals surface area contributed by atoms with Gasteiger partial charge in [-0.3, -0.25) is 0 Å². The molecule has 1 aromatic heterocycles. The molecule has 0 saturated heterocycles. The zero-order chi connectivity index (χ0) is 14.2.